The summed E-state index contributed by atoms with van der Waals surface area (Å²) in [5.74, 6) is -0.305. The predicted octanol–water partition coefficient (Wildman–Crippen LogP) is 1.32. The van der Waals surface area contributed by atoms with Crippen LogP contribution < -0.4 is 10.1 Å². The van der Waals surface area contributed by atoms with Crippen LogP contribution in [0.3, 0.4) is 0 Å². The third kappa shape index (κ3) is 5.58. The molecule has 9 heteroatoms. The third-order valence-electron chi connectivity index (χ3n) is 3.92. The number of esters is 1. The van der Waals surface area contributed by atoms with Crippen LogP contribution in [0.5, 0.6) is 5.75 Å². The fourth-order valence-corrected chi connectivity index (χ4v) is 4.29. The van der Waals surface area contributed by atoms with Crippen LogP contribution >= 0.6 is 0 Å². The number of sulfone groups is 1. The van der Waals surface area contributed by atoms with Crippen molar-refractivity contribution in [2.45, 2.75) is 19.1 Å². The van der Waals surface area contributed by atoms with Gasteiger partial charge in [0.25, 0.3) is 5.91 Å². The highest BCUT2D eigenvalue weighted by atomic mass is 32.2. The second-order valence-electron chi connectivity index (χ2n) is 6.11. The lowest BCUT2D eigenvalue weighted by Gasteiger charge is -2.10. The number of benzene rings is 1. The number of para-hydroxylation sites is 1. The standard InChI is InChI=1S/C18H19NO7S/c20-17(19-13-8-9-27(22,23)12-13)11-25-18(21)16-7-6-15(26-16)10-24-14-4-2-1-3-5-14/h1-7,13H,8-12H2,(H,19,20)/t13-/m1/s1. The molecule has 2 aromatic rings. The van der Waals surface area contributed by atoms with Gasteiger partial charge in [0.2, 0.25) is 5.76 Å². The Balaban J connectivity index is 1.43. The molecule has 1 aliphatic heterocycles. The van der Waals surface area contributed by atoms with Gasteiger partial charge in [0, 0.05) is 6.04 Å². The maximum atomic E-state index is 11.9. The number of nitrogens with one attached hydrogen (secondary N) is 1. The van der Waals surface area contributed by atoms with Crippen LogP contribution in [0.2, 0.25) is 0 Å². The van der Waals surface area contributed by atoms with Crippen molar-refractivity contribution in [3.63, 3.8) is 0 Å². The van der Waals surface area contributed by atoms with E-state index in [1.54, 1.807) is 18.2 Å². The van der Waals surface area contributed by atoms with Crippen molar-refractivity contribution in [3.05, 3.63) is 54.0 Å². The van der Waals surface area contributed by atoms with E-state index in [2.05, 4.69) is 5.32 Å². The molecule has 0 spiro atoms. The molecule has 1 saturated heterocycles. The third-order valence-corrected chi connectivity index (χ3v) is 5.69. The van der Waals surface area contributed by atoms with Gasteiger partial charge in [-0.3, -0.25) is 4.79 Å². The van der Waals surface area contributed by atoms with Crippen LogP contribution in [-0.4, -0.2) is 44.4 Å². The molecule has 0 radical (unpaired) electrons. The van der Waals surface area contributed by atoms with Gasteiger partial charge < -0.3 is 19.2 Å². The monoisotopic (exact) mass is 393 g/mol. The van der Waals surface area contributed by atoms with E-state index in [0.717, 1.165) is 0 Å². The molecule has 1 atom stereocenters. The molecular formula is C18H19NO7S. The molecule has 1 aromatic heterocycles. The highest BCUT2D eigenvalue weighted by Gasteiger charge is 2.29. The molecular weight excluding hydrogens is 374 g/mol. The van der Waals surface area contributed by atoms with Crippen LogP contribution in [0.15, 0.2) is 46.9 Å². The van der Waals surface area contributed by atoms with Gasteiger partial charge in [-0.15, -0.1) is 0 Å². The van der Waals surface area contributed by atoms with Crippen molar-refractivity contribution in [3.8, 4) is 5.75 Å². The van der Waals surface area contributed by atoms with Gasteiger partial charge in [-0.05, 0) is 30.7 Å². The maximum Gasteiger partial charge on any atom is 0.374 e. The van der Waals surface area contributed by atoms with Crippen molar-refractivity contribution in [2.24, 2.45) is 0 Å². The first-order valence-corrected chi connectivity index (χ1v) is 10.2. The molecule has 0 unspecified atom stereocenters. The van der Waals surface area contributed by atoms with E-state index in [1.165, 1.54) is 6.07 Å². The minimum absolute atomic E-state index is 0.0436. The summed E-state index contributed by atoms with van der Waals surface area (Å²) in [5.41, 5.74) is 0. The molecule has 1 amide bonds. The van der Waals surface area contributed by atoms with Crippen molar-refractivity contribution in [1.29, 1.82) is 0 Å². The lowest BCUT2D eigenvalue weighted by atomic mass is 10.2. The van der Waals surface area contributed by atoms with Crippen LogP contribution in [0.25, 0.3) is 0 Å². The molecule has 1 aliphatic rings. The highest BCUT2D eigenvalue weighted by Crippen LogP contribution is 2.15. The van der Waals surface area contributed by atoms with Crippen LogP contribution in [0.1, 0.15) is 22.7 Å². The van der Waals surface area contributed by atoms with E-state index >= 15 is 0 Å². The number of amides is 1. The Morgan fingerprint density at radius 3 is 2.63 bits per heavy atom. The zero-order chi connectivity index (χ0) is 19.3. The summed E-state index contributed by atoms with van der Waals surface area (Å²) in [4.78, 5) is 23.7. The second kappa shape index (κ2) is 8.26. The van der Waals surface area contributed by atoms with Gasteiger partial charge >= 0.3 is 5.97 Å². The summed E-state index contributed by atoms with van der Waals surface area (Å²) < 4.78 is 38.5. The van der Waals surface area contributed by atoms with Gasteiger partial charge in [0.05, 0.1) is 11.5 Å². The summed E-state index contributed by atoms with van der Waals surface area (Å²) in [6.07, 6.45) is 0.366. The zero-order valence-electron chi connectivity index (χ0n) is 14.4. The normalized spacial score (nSPS) is 18.0. The quantitative estimate of drug-likeness (QED) is 0.706. The van der Waals surface area contributed by atoms with E-state index < -0.39 is 34.4 Å². The Morgan fingerprint density at radius 2 is 1.93 bits per heavy atom. The van der Waals surface area contributed by atoms with E-state index in [0.29, 0.717) is 17.9 Å². The molecule has 144 valence electrons. The first-order valence-electron chi connectivity index (χ1n) is 8.35. The van der Waals surface area contributed by atoms with E-state index in [4.69, 9.17) is 13.9 Å². The Kier molecular flexibility index (Phi) is 5.80. The molecule has 1 fully saturated rings. The topological polar surface area (TPSA) is 112 Å². The summed E-state index contributed by atoms with van der Waals surface area (Å²) in [7, 11) is -3.09. The first-order chi connectivity index (χ1) is 12.9. The highest BCUT2D eigenvalue weighted by molar-refractivity contribution is 7.91. The number of rotatable bonds is 7. The predicted molar refractivity (Wildman–Crippen MR) is 95.0 cm³/mol. The second-order valence-corrected chi connectivity index (χ2v) is 8.34. The van der Waals surface area contributed by atoms with Crippen molar-refractivity contribution < 1.29 is 31.9 Å². The number of hydrogen-bond donors (Lipinski definition) is 1. The number of carbonyl (C=O) groups excluding carboxylic acids is 2. The fourth-order valence-electron chi connectivity index (χ4n) is 2.62. The van der Waals surface area contributed by atoms with E-state index in [1.807, 2.05) is 18.2 Å². The largest absolute Gasteiger partial charge is 0.486 e. The SMILES string of the molecule is O=C(COC(=O)c1ccc(COc2ccccc2)o1)N[C@@H]1CCS(=O)(=O)C1. The molecule has 3 rings (SSSR count). The molecule has 8 nitrogen and oxygen atoms in total. The van der Waals surface area contributed by atoms with Crippen LogP contribution in [-0.2, 0) is 26.0 Å². The smallest absolute Gasteiger partial charge is 0.374 e. The fraction of sp³-hybridized carbons (Fsp3) is 0.333. The lowest BCUT2D eigenvalue weighted by molar-refractivity contribution is -0.124. The lowest BCUT2D eigenvalue weighted by Crippen LogP contribution is -2.38. The molecule has 27 heavy (non-hydrogen) atoms. The van der Waals surface area contributed by atoms with Gasteiger partial charge in [-0.1, -0.05) is 18.2 Å². The number of carbonyl (C=O) groups is 2. The minimum atomic E-state index is -3.09. The number of hydrogen-bond acceptors (Lipinski definition) is 7. The molecule has 0 bridgehead atoms. The average molecular weight is 393 g/mol. The van der Waals surface area contributed by atoms with Gasteiger partial charge in [0.1, 0.15) is 18.1 Å². The number of furan rings is 1. The summed E-state index contributed by atoms with van der Waals surface area (Å²) in [6, 6.07) is 11.7. The van der Waals surface area contributed by atoms with Crippen molar-refractivity contribution >= 4 is 21.7 Å². The van der Waals surface area contributed by atoms with Crippen molar-refractivity contribution in [2.75, 3.05) is 18.1 Å². The molecule has 1 N–H and O–H groups in total. The average Bonchev–Trinajstić information content (AvgIpc) is 3.25. The molecule has 1 aromatic carbocycles. The summed E-state index contributed by atoms with van der Waals surface area (Å²) in [5, 5.41) is 2.54. The summed E-state index contributed by atoms with van der Waals surface area (Å²) in [6.45, 7) is -0.361. The Bertz CT molecular complexity index is 905. The Labute approximate surface area is 156 Å². The Morgan fingerprint density at radius 1 is 1.15 bits per heavy atom. The van der Waals surface area contributed by atoms with E-state index in [9.17, 15) is 18.0 Å². The number of ether oxygens (including phenoxy) is 2. The Hall–Kier alpha value is -2.81. The van der Waals surface area contributed by atoms with Crippen LogP contribution in [0, 0.1) is 0 Å². The van der Waals surface area contributed by atoms with Gasteiger partial charge in [-0.25, -0.2) is 13.2 Å². The van der Waals surface area contributed by atoms with Crippen LogP contribution in [0.4, 0.5) is 0 Å². The maximum absolute atomic E-state index is 11.9. The summed E-state index contributed by atoms with van der Waals surface area (Å²) >= 11 is 0. The zero-order valence-corrected chi connectivity index (χ0v) is 15.2. The molecule has 0 saturated carbocycles. The molecule has 2 heterocycles. The molecule has 0 aliphatic carbocycles. The minimum Gasteiger partial charge on any atom is -0.486 e. The first kappa shape index (κ1) is 19.0. The van der Waals surface area contributed by atoms with E-state index in [-0.39, 0.29) is 23.9 Å². The van der Waals surface area contributed by atoms with Crippen molar-refractivity contribution in [1.82, 2.24) is 5.32 Å². The van der Waals surface area contributed by atoms with Gasteiger partial charge in [-0.2, -0.15) is 0 Å². The van der Waals surface area contributed by atoms with Gasteiger partial charge in [0.15, 0.2) is 16.4 Å².